The lowest BCUT2D eigenvalue weighted by Gasteiger charge is -2.19. The largest absolute Gasteiger partial charge is 0.491 e. The molecule has 5 nitrogen and oxygen atoms in total. The number of aryl methyl sites for hydroxylation is 3. The van der Waals surface area contributed by atoms with Gasteiger partial charge in [-0.25, -0.2) is 4.90 Å². The monoisotopic (exact) mass is 454 g/mol. The third-order valence-corrected chi connectivity index (χ3v) is 6.19. The first-order valence-electron chi connectivity index (χ1n) is 11.5. The second-order valence-electron chi connectivity index (χ2n) is 9.03. The van der Waals surface area contributed by atoms with E-state index < -0.39 is 0 Å². The predicted molar refractivity (Wildman–Crippen MR) is 137 cm³/mol. The van der Waals surface area contributed by atoms with E-state index in [0.717, 1.165) is 27.9 Å². The fraction of sp³-hybridized carbons (Fsp3) is 0.241. The molecule has 3 aromatic rings. The highest BCUT2D eigenvalue weighted by Crippen LogP contribution is 2.36. The van der Waals surface area contributed by atoms with Crippen molar-refractivity contribution in [2.24, 2.45) is 0 Å². The van der Waals surface area contributed by atoms with Crippen molar-refractivity contribution in [3.05, 3.63) is 94.2 Å². The Labute approximate surface area is 201 Å². The average molecular weight is 455 g/mol. The van der Waals surface area contributed by atoms with Crippen LogP contribution in [0.2, 0.25) is 0 Å². The molecule has 0 unspecified atom stereocenters. The van der Waals surface area contributed by atoms with Crippen molar-refractivity contribution >= 4 is 28.8 Å². The topological polar surface area (TPSA) is 58.6 Å². The van der Waals surface area contributed by atoms with Gasteiger partial charge in [-0.2, -0.15) is 0 Å². The van der Waals surface area contributed by atoms with E-state index in [9.17, 15) is 9.59 Å². The van der Waals surface area contributed by atoms with Crippen LogP contribution in [0.1, 0.15) is 41.7 Å². The number of carbonyl (C=O) groups is 2. The standard InChI is InChI=1S/C29H30N2O3/c1-17(2)34-24-14-11-22(12-15-24)26-27(30-23-13-10-18(3)20(5)16-23)29(33)31(28(26)32)25-9-7-8-19(4)21(25)6/h7-17,30H,1-6H3. The zero-order valence-electron chi connectivity index (χ0n) is 20.5. The van der Waals surface area contributed by atoms with Gasteiger partial charge < -0.3 is 10.1 Å². The van der Waals surface area contributed by atoms with Gasteiger partial charge in [-0.05, 0) is 99.7 Å². The highest BCUT2D eigenvalue weighted by Gasteiger charge is 2.41. The molecule has 0 spiro atoms. The zero-order chi connectivity index (χ0) is 24.6. The molecule has 174 valence electrons. The van der Waals surface area contributed by atoms with Crippen LogP contribution in [0.5, 0.6) is 5.75 Å². The summed E-state index contributed by atoms with van der Waals surface area (Å²) in [5, 5.41) is 3.25. The fourth-order valence-corrected chi connectivity index (χ4v) is 4.05. The molecule has 1 N–H and O–H groups in total. The Balaban J connectivity index is 1.81. The smallest absolute Gasteiger partial charge is 0.282 e. The summed E-state index contributed by atoms with van der Waals surface area (Å²) in [5.74, 6) is 0.00294. The normalized spacial score (nSPS) is 13.8. The molecule has 0 aromatic heterocycles. The summed E-state index contributed by atoms with van der Waals surface area (Å²) in [6.07, 6.45) is 0.0431. The minimum Gasteiger partial charge on any atom is -0.491 e. The minimum atomic E-state index is -0.366. The second-order valence-corrected chi connectivity index (χ2v) is 9.03. The molecule has 0 saturated heterocycles. The van der Waals surface area contributed by atoms with Crippen LogP contribution < -0.4 is 15.0 Å². The molecule has 5 heteroatoms. The highest BCUT2D eigenvalue weighted by molar-refractivity contribution is 6.46. The lowest BCUT2D eigenvalue weighted by molar-refractivity contribution is -0.120. The van der Waals surface area contributed by atoms with Gasteiger partial charge in [-0.3, -0.25) is 9.59 Å². The molecule has 0 atom stereocenters. The number of benzene rings is 3. The number of ether oxygens (including phenoxy) is 1. The molecule has 1 aliphatic heterocycles. The van der Waals surface area contributed by atoms with E-state index in [1.54, 1.807) is 0 Å². The van der Waals surface area contributed by atoms with Gasteiger partial charge in [0.2, 0.25) is 0 Å². The first-order valence-corrected chi connectivity index (χ1v) is 11.5. The van der Waals surface area contributed by atoms with Crippen LogP contribution >= 0.6 is 0 Å². The van der Waals surface area contributed by atoms with E-state index in [1.165, 1.54) is 4.90 Å². The maximum Gasteiger partial charge on any atom is 0.282 e. The van der Waals surface area contributed by atoms with Crippen molar-refractivity contribution < 1.29 is 14.3 Å². The highest BCUT2D eigenvalue weighted by atomic mass is 16.5. The van der Waals surface area contributed by atoms with Crippen molar-refractivity contribution in [3.63, 3.8) is 0 Å². The van der Waals surface area contributed by atoms with Gasteiger partial charge in [0.1, 0.15) is 11.4 Å². The van der Waals surface area contributed by atoms with E-state index >= 15 is 0 Å². The Morgan fingerprint density at radius 3 is 2.15 bits per heavy atom. The van der Waals surface area contributed by atoms with Gasteiger partial charge in [0, 0.05) is 5.69 Å². The van der Waals surface area contributed by atoms with E-state index in [4.69, 9.17) is 4.74 Å². The molecule has 0 bridgehead atoms. The molecule has 1 aliphatic rings. The number of amides is 2. The average Bonchev–Trinajstić information content (AvgIpc) is 3.02. The lowest BCUT2D eigenvalue weighted by Crippen LogP contribution is -2.33. The maximum atomic E-state index is 13.7. The molecule has 1 heterocycles. The molecular formula is C29H30N2O3. The van der Waals surface area contributed by atoms with Crippen molar-refractivity contribution in [2.75, 3.05) is 10.2 Å². The number of rotatable bonds is 6. The first-order chi connectivity index (χ1) is 16.2. The molecular weight excluding hydrogens is 424 g/mol. The Morgan fingerprint density at radius 2 is 1.50 bits per heavy atom. The van der Waals surface area contributed by atoms with E-state index in [1.807, 2.05) is 102 Å². The minimum absolute atomic E-state index is 0.0431. The quantitative estimate of drug-likeness (QED) is 0.457. The van der Waals surface area contributed by atoms with Crippen LogP contribution in [0.15, 0.2) is 66.4 Å². The number of carbonyl (C=O) groups excluding carboxylic acids is 2. The number of nitrogens with one attached hydrogen (secondary N) is 1. The van der Waals surface area contributed by atoms with E-state index in [0.29, 0.717) is 22.6 Å². The Morgan fingerprint density at radius 1 is 0.794 bits per heavy atom. The number of anilines is 2. The summed E-state index contributed by atoms with van der Waals surface area (Å²) in [5.41, 5.74) is 6.82. The van der Waals surface area contributed by atoms with Crippen LogP contribution in [-0.2, 0) is 9.59 Å². The van der Waals surface area contributed by atoms with Crippen molar-refractivity contribution in [1.29, 1.82) is 0 Å². The lowest BCUT2D eigenvalue weighted by atomic mass is 10.0. The van der Waals surface area contributed by atoms with Crippen molar-refractivity contribution in [2.45, 2.75) is 47.6 Å². The summed E-state index contributed by atoms with van der Waals surface area (Å²) < 4.78 is 5.75. The van der Waals surface area contributed by atoms with Crippen LogP contribution in [0.25, 0.3) is 5.57 Å². The maximum absolute atomic E-state index is 13.7. The summed E-state index contributed by atoms with van der Waals surface area (Å²) in [4.78, 5) is 28.7. The number of hydrogen-bond donors (Lipinski definition) is 1. The van der Waals surface area contributed by atoms with E-state index in [-0.39, 0.29) is 23.6 Å². The van der Waals surface area contributed by atoms with Gasteiger partial charge in [0.15, 0.2) is 0 Å². The van der Waals surface area contributed by atoms with Gasteiger partial charge in [0.05, 0.1) is 17.4 Å². The Bertz CT molecular complexity index is 1300. The molecule has 0 fully saturated rings. The fourth-order valence-electron chi connectivity index (χ4n) is 4.05. The Hall–Kier alpha value is -3.86. The second kappa shape index (κ2) is 9.18. The molecule has 2 amide bonds. The van der Waals surface area contributed by atoms with Crippen LogP contribution in [-0.4, -0.2) is 17.9 Å². The summed E-state index contributed by atoms with van der Waals surface area (Å²) in [6.45, 7) is 11.9. The summed E-state index contributed by atoms with van der Waals surface area (Å²) >= 11 is 0. The first kappa shape index (κ1) is 23.3. The van der Waals surface area contributed by atoms with Crippen LogP contribution in [0, 0.1) is 27.7 Å². The Kier molecular flexibility index (Phi) is 6.29. The third-order valence-electron chi connectivity index (χ3n) is 6.19. The third kappa shape index (κ3) is 4.34. The molecule has 4 rings (SSSR count). The molecule has 0 saturated carbocycles. The van der Waals surface area contributed by atoms with Gasteiger partial charge in [-0.1, -0.05) is 30.3 Å². The van der Waals surface area contributed by atoms with Crippen molar-refractivity contribution in [3.8, 4) is 5.75 Å². The van der Waals surface area contributed by atoms with E-state index in [2.05, 4.69) is 5.32 Å². The number of imide groups is 1. The number of nitrogens with zero attached hydrogens (tertiary/aromatic N) is 1. The van der Waals surface area contributed by atoms with Crippen LogP contribution in [0.3, 0.4) is 0 Å². The van der Waals surface area contributed by atoms with Gasteiger partial charge >= 0.3 is 0 Å². The molecule has 0 aliphatic carbocycles. The SMILES string of the molecule is Cc1ccc(NC2=C(c3ccc(OC(C)C)cc3)C(=O)N(c3cccc(C)c3C)C2=O)cc1C. The van der Waals surface area contributed by atoms with Crippen LogP contribution in [0.4, 0.5) is 11.4 Å². The molecule has 3 aromatic carbocycles. The molecule has 34 heavy (non-hydrogen) atoms. The summed E-state index contributed by atoms with van der Waals surface area (Å²) in [7, 11) is 0. The summed E-state index contributed by atoms with van der Waals surface area (Å²) in [6, 6.07) is 18.9. The van der Waals surface area contributed by atoms with Gasteiger partial charge in [-0.15, -0.1) is 0 Å². The van der Waals surface area contributed by atoms with Gasteiger partial charge in [0.25, 0.3) is 11.8 Å². The zero-order valence-corrected chi connectivity index (χ0v) is 20.5. The number of hydrogen-bond acceptors (Lipinski definition) is 4. The predicted octanol–water partition coefficient (Wildman–Crippen LogP) is 6.10. The van der Waals surface area contributed by atoms with Crippen molar-refractivity contribution in [1.82, 2.24) is 0 Å². The molecule has 0 radical (unpaired) electrons.